The summed E-state index contributed by atoms with van der Waals surface area (Å²) >= 11 is 0. The number of hydrogen-bond acceptors (Lipinski definition) is 3. The highest BCUT2D eigenvalue weighted by molar-refractivity contribution is 6.02. The number of rotatable bonds is 5. The number of anilines is 2. The molecule has 0 N–H and O–H groups in total. The molecule has 0 amide bonds. The normalized spacial score (nSPS) is 14.0. The second kappa shape index (κ2) is 14.3. The first kappa shape index (κ1) is 37.0. The minimum absolute atomic E-state index is 0.627. The van der Waals surface area contributed by atoms with Gasteiger partial charge in [-0.2, -0.15) is 0 Å². The minimum Gasteiger partial charge on any atom is -0.456 e. The molecule has 66 heavy (non-hydrogen) atoms. The fourth-order valence-corrected chi connectivity index (χ4v) is 11.6. The SMILES string of the molecule is C1=C(N(c2cccc(-c3ccccc3)c2)c2cccc(-c3cccc4c3-c3ccccc3C43c4ccc5ccccc5c4Oc4c3ccc3ccccc43)c2)CCc2c1oc1ccccc21. The van der Waals surface area contributed by atoms with Gasteiger partial charge in [0.05, 0.1) is 5.41 Å². The van der Waals surface area contributed by atoms with Gasteiger partial charge >= 0.3 is 0 Å². The summed E-state index contributed by atoms with van der Waals surface area (Å²) in [4.78, 5) is 2.45. The van der Waals surface area contributed by atoms with Gasteiger partial charge in [0.1, 0.15) is 22.8 Å². The Bertz CT molecular complexity index is 3730. The van der Waals surface area contributed by atoms with E-state index in [1.54, 1.807) is 0 Å². The standard InChI is InChI=1S/C63H41NO2/c1-2-15-40(16-3-1)43-19-12-21-45(37-43)64(47-33-34-52-51-25-9-11-30-58(51)65-59(52)39-47)46-22-13-20-44(38-46)48-27-14-29-55-60(48)53-26-8-10-28-54(53)63(55)56-35-31-41-17-4-6-23-49(41)61(56)66-62-50-24-7-5-18-42(50)32-36-57(62)63/h1-32,35-39H,33-34H2. The molecule has 3 nitrogen and oxygen atoms in total. The van der Waals surface area contributed by atoms with Crippen molar-refractivity contribution in [2.45, 2.75) is 18.3 Å². The molecule has 1 aromatic heterocycles. The van der Waals surface area contributed by atoms with E-state index in [1.807, 2.05) is 0 Å². The van der Waals surface area contributed by atoms with Gasteiger partial charge in [-0.05, 0) is 98.5 Å². The summed E-state index contributed by atoms with van der Waals surface area (Å²) in [6, 6.07) is 79.7. The number of nitrogens with zero attached hydrogens (tertiary/aromatic N) is 1. The van der Waals surface area contributed by atoms with Gasteiger partial charge in [-0.25, -0.2) is 0 Å². The summed E-state index contributed by atoms with van der Waals surface area (Å²) < 4.78 is 13.8. The van der Waals surface area contributed by atoms with Crippen LogP contribution in [0.5, 0.6) is 11.5 Å². The molecule has 0 bridgehead atoms. The Morgan fingerprint density at radius 1 is 0.409 bits per heavy atom. The quantitative estimate of drug-likeness (QED) is 0.173. The molecule has 3 aliphatic rings. The van der Waals surface area contributed by atoms with Crippen LogP contribution in [0.25, 0.3) is 72.0 Å². The maximum absolute atomic E-state index is 7.24. The number of aryl methyl sites for hydroxylation is 1. The van der Waals surface area contributed by atoms with Crippen LogP contribution in [0, 0.1) is 0 Å². The molecule has 1 aliphatic heterocycles. The van der Waals surface area contributed by atoms with Crippen molar-refractivity contribution in [3.8, 4) is 44.9 Å². The van der Waals surface area contributed by atoms with Crippen LogP contribution in [0.1, 0.15) is 40.0 Å². The second-order valence-corrected chi connectivity index (χ2v) is 17.8. The van der Waals surface area contributed by atoms with E-state index in [2.05, 4.69) is 229 Å². The van der Waals surface area contributed by atoms with E-state index in [0.29, 0.717) is 0 Å². The monoisotopic (exact) mass is 843 g/mol. The lowest BCUT2D eigenvalue weighted by Crippen LogP contribution is -2.32. The van der Waals surface area contributed by atoms with E-state index in [4.69, 9.17) is 9.15 Å². The van der Waals surface area contributed by atoms with Gasteiger partial charge in [0, 0.05) is 56.0 Å². The Labute approximate surface area is 383 Å². The smallest absolute Gasteiger partial charge is 0.140 e. The zero-order chi connectivity index (χ0) is 43.3. The second-order valence-electron chi connectivity index (χ2n) is 17.8. The Morgan fingerprint density at radius 3 is 1.74 bits per heavy atom. The number of ether oxygens (including phenoxy) is 1. The number of benzene rings is 10. The van der Waals surface area contributed by atoms with Crippen LogP contribution in [0.3, 0.4) is 0 Å². The Morgan fingerprint density at radius 2 is 0.985 bits per heavy atom. The van der Waals surface area contributed by atoms with Crippen molar-refractivity contribution in [1.29, 1.82) is 0 Å². The van der Waals surface area contributed by atoms with Crippen molar-refractivity contribution >= 4 is 50.0 Å². The van der Waals surface area contributed by atoms with Crippen LogP contribution >= 0.6 is 0 Å². The summed E-state index contributed by atoms with van der Waals surface area (Å²) in [6.45, 7) is 0. The molecule has 10 aromatic carbocycles. The van der Waals surface area contributed by atoms with Crippen molar-refractivity contribution in [3.05, 3.63) is 258 Å². The molecule has 0 saturated heterocycles. The van der Waals surface area contributed by atoms with E-state index in [0.717, 1.165) is 74.2 Å². The van der Waals surface area contributed by atoms with Crippen LogP contribution in [-0.4, -0.2) is 0 Å². The first-order valence-electron chi connectivity index (χ1n) is 22.9. The molecule has 0 atom stereocenters. The molecule has 11 aromatic rings. The number of fused-ring (bicyclic) bond motifs is 16. The molecule has 310 valence electrons. The number of hydrogen-bond donors (Lipinski definition) is 0. The third kappa shape index (κ3) is 5.31. The maximum atomic E-state index is 7.24. The lowest BCUT2D eigenvalue weighted by atomic mass is 9.65. The van der Waals surface area contributed by atoms with E-state index in [9.17, 15) is 0 Å². The molecule has 0 unspecified atom stereocenters. The van der Waals surface area contributed by atoms with Crippen molar-refractivity contribution < 1.29 is 9.15 Å². The summed E-state index contributed by atoms with van der Waals surface area (Å²) in [6.07, 6.45) is 4.04. The topological polar surface area (TPSA) is 25.6 Å². The average molecular weight is 844 g/mol. The van der Waals surface area contributed by atoms with Crippen molar-refractivity contribution in [1.82, 2.24) is 0 Å². The lowest BCUT2D eigenvalue weighted by Gasteiger charge is -2.40. The van der Waals surface area contributed by atoms with Crippen molar-refractivity contribution in [3.63, 3.8) is 0 Å². The van der Waals surface area contributed by atoms with Gasteiger partial charge in [-0.3, -0.25) is 0 Å². The zero-order valence-electron chi connectivity index (χ0n) is 36.0. The van der Waals surface area contributed by atoms with Gasteiger partial charge in [0.2, 0.25) is 0 Å². The van der Waals surface area contributed by atoms with Crippen molar-refractivity contribution in [2.75, 3.05) is 4.90 Å². The van der Waals surface area contributed by atoms with E-state index in [-0.39, 0.29) is 0 Å². The molecule has 2 heterocycles. The highest BCUT2D eigenvalue weighted by Gasteiger charge is 2.52. The Hall–Kier alpha value is -8.40. The fourth-order valence-electron chi connectivity index (χ4n) is 11.6. The fraction of sp³-hybridized carbons (Fsp3) is 0.0476. The number of allylic oxidation sites excluding steroid dienone is 1. The molecule has 14 rings (SSSR count). The zero-order valence-corrected chi connectivity index (χ0v) is 36.0. The average Bonchev–Trinajstić information content (AvgIpc) is 3.90. The molecule has 2 aliphatic carbocycles. The summed E-state index contributed by atoms with van der Waals surface area (Å²) in [7, 11) is 0. The van der Waals surface area contributed by atoms with E-state index in [1.165, 1.54) is 66.7 Å². The lowest BCUT2D eigenvalue weighted by molar-refractivity contribution is 0.447. The minimum atomic E-state index is -0.627. The van der Waals surface area contributed by atoms with Crippen LogP contribution in [0.15, 0.2) is 229 Å². The van der Waals surface area contributed by atoms with Gasteiger partial charge in [-0.15, -0.1) is 0 Å². The Balaban J connectivity index is 0.994. The molecule has 0 saturated carbocycles. The first-order chi connectivity index (χ1) is 32.7. The summed E-state index contributed by atoms with van der Waals surface area (Å²) in [5.41, 5.74) is 17.1. The molecule has 3 heteroatoms. The number of para-hydroxylation sites is 1. The predicted octanol–water partition coefficient (Wildman–Crippen LogP) is 16.7. The van der Waals surface area contributed by atoms with E-state index >= 15 is 0 Å². The highest BCUT2D eigenvalue weighted by Crippen LogP contribution is 2.65. The van der Waals surface area contributed by atoms with Crippen molar-refractivity contribution in [2.24, 2.45) is 0 Å². The summed E-state index contributed by atoms with van der Waals surface area (Å²) in [5, 5.41) is 5.76. The molecule has 1 spiro atoms. The van der Waals surface area contributed by atoms with Gasteiger partial charge in [-0.1, -0.05) is 188 Å². The Kier molecular flexibility index (Phi) is 8.02. The third-order valence-electron chi connectivity index (χ3n) is 14.4. The van der Waals surface area contributed by atoms with Crippen LogP contribution in [0.2, 0.25) is 0 Å². The van der Waals surface area contributed by atoms with Crippen LogP contribution in [0.4, 0.5) is 11.4 Å². The number of furan rings is 1. The molecular weight excluding hydrogens is 803 g/mol. The first-order valence-corrected chi connectivity index (χ1v) is 22.9. The highest BCUT2D eigenvalue weighted by atomic mass is 16.5. The van der Waals surface area contributed by atoms with Crippen LogP contribution < -0.4 is 9.64 Å². The molecule has 0 radical (unpaired) electrons. The maximum Gasteiger partial charge on any atom is 0.140 e. The van der Waals surface area contributed by atoms with Crippen LogP contribution in [-0.2, 0) is 11.8 Å². The summed E-state index contributed by atoms with van der Waals surface area (Å²) in [5.74, 6) is 2.79. The van der Waals surface area contributed by atoms with E-state index < -0.39 is 5.41 Å². The van der Waals surface area contributed by atoms with Gasteiger partial charge < -0.3 is 14.1 Å². The van der Waals surface area contributed by atoms with Gasteiger partial charge in [0.15, 0.2) is 0 Å². The molecule has 0 fully saturated rings. The predicted molar refractivity (Wildman–Crippen MR) is 271 cm³/mol. The largest absolute Gasteiger partial charge is 0.456 e. The van der Waals surface area contributed by atoms with Gasteiger partial charge in [0.25, 0.3) is 0 Å². The third-order valence-corrected chi connectivity index (χ3v) is 14.4. The molecular formula is C63H41NO2.